The first-order chi connectivity index (χ1) is 8.66. The van der Waals surface area contributed by atoms with Crippen LogP contribution in [0.2, 0.25) is 0 Å². The van der Waals surface area contributed by atoms with E-state index in [9.17, 15) is 4.79 Å². The number of carbonyl (C=O) groups excluding carboxylic acids is 1. The van der Waals surface area contributed by atoms with Gasteiger partial charge in [-0.15, -0.1) is 0 Å². The molecule has 92 valence electrons. The third-order valence-electron chi connectivity index (χ3n) is 2.66. The standard InChI is InChI=1S/C14H15N3O/c1-10-4-6-12(7-5-10)17-13(14(15)18)11-3-2-8-16-9-11/h2-9,13,17H,1H3,(H2,15,18). The second-order valence-corrected chi connectivity index (χ2v) is 4.13. The average Bonchev–Trinajstić information content (AvgIpc) is 2.38. The van der Waals surface area contributed by atoms with Crippen molar-refractivity contribution in [2.24, 2.45) is 5.73 Å². The number of hydrogen-bond donors (Lipinski definition) is 2. The highest BCUT2D eigenvalue weighted by Gasteiger charge is 2.17. The van der Waals surface area contributed by atoms with Crippen LogP contribution < -0.4 is 11.1 Å². The van der Waals surface area contributed by atoms with Crippen molar-refractivity contribution in [2.45, 2.75) is 13.0 Å². The van der Waals surface area contributed by atoms with Gasteiger partial charge in [0.05, 0.1) is 0 Å². The lowest BCUT2D eigenvalue weighted by molar-refractivity contribution is -0.118. The van der Waals surface area contributed by atoms with Crippen LogP contribution in [0.1, 0.15) is 17.2 Å². The van der Waals surface area contributed by atoms with Gasteiger partial charge in [0.25, 0.3) is 0 Å². The molecule has 0 radical (unpaired) electrons. The fraction of sp³-hybridized carbons (Fsp3) is 0.143. The average molecular weight is 241 g/mol. The normalized spacial score (nSPS) is 11.8. The van der Waals surface area contributed by atoms with Gasteiger partial charge in [-0.25, -0.2) is 0 Å². The van der Waals surface area contributed by atoms with E-state index in [4.69, 9.17) is 5.73 Å². The van der Waals surface area contributed by atoms with Crippen LogP contribution in [-0.2, 0) is 4.79 Å². The van der Waals surface area contributed by atoms with Gasteiger partial charge in [0.15, 0.2) is 0 Å². The summed E-state index contributed by atoms with van der Waals surface area (Å²) in [6.07, 6.45) is 3.30. The Balaban J connectivity index is 2.22. The van der Waals surface area contributed by atoms with E-state index < -0.39 is 11.9 Å². The van der Waals surface area contributed by atoms with Gasteiger partial charge in [0.2, 0.25) is 5.91 Å². The number of nitrogens with one attached hydrogen (secondary N) is 1. The van der Waals surface area contributed by atoms with Crippen LogP contribution in [-0.4, -0.2) is 10.9 Å². The summed E-state index contributed by atoms with van der Waals surface area (Å²) in [6, 6.07) is 10.8. The van der Waals surface area contributed by atoms with Gasteiger partial charge in [-0.1, -0.05) is 23.8 Å². The molecule has 1 aromatic heterocycles. The summed E-state index contributed by atoms with van der Waals surface area (Å²) >= 11 is 0. The van der Waals surface area contributed by atoms with Gasteiger partial charge in [-0.2, -0.15) is 0 Å². The van der Waals surface area contributed by atoms with Crippen molar-refractivity contribution >= 4 is 11.6 Å². The van der Waals surface area contributed by atoms with Gasteiger partial charge in [-0.3, -0.25) is 9.78 Å². The lowest BCUT2D eigenvalue weighted by Gasteiger charge is -2.16. The van der Waals surface area contributed by atoms with Crippen molar-refractivity contribution < 1.29 is 4.79 Å². The Morgan fingerprint density at radius 2 is 2.00 bits per heavy atom. The largest absolute Gasteiger partial charge is 0.370 e. The molecule has 0 spiro atoms. The molecule has 1 unspecified atom stereocenters. The summed E-state index contributed by atoms with van der Waals surface area (Å²) in [5.41, 5.74) is 8.19. The molecule has 0 saturated heterocycles. The minimum atomic E-state index is -0.568. The van der Waals surface area contributed by atoms with Gasteiger partial charge in [-0.05, 0) is 25.1 Å². The second-order valence-electron chi connectivity index (χ2n) is 4.13. The molecule has 1 aromatic carbocycles. The van der Waals surface area contributed by atoms with Gasteiger partial charge < -0.3 is 11.1 Å². The highest BCUT2D eigenvalue weighted by atomic mass is 16.1. The molecule has 1 amide bonds. The smallest absolute Gasteiger partial charge is 0.244 e. The molecule has 0 saturated carbocycles. The zero-order chi connectivity index (χ0) is 13.0. The lowest BCUT2D eigenvalue weighted by Crippen LogP contribution is -2.27. The molecule has 18 heavy (non-hydrogen) atoms. The third-order valence-corrected chi connectivity index (χ3v) is 2.66. The first-order valence-corrected chi connectivity index (χ1v) is 5.69. The zero-order valence-electron chi connectivity index (χ0n) is 10.1. The number of aryl methyl sites for hydroxylation is 1. The molecule has 0 aliphatic heterocycles. The Kier molecular flexibility index (Phi) is 3.57. The first kappa shape index (κ1) is 12.1. The van der Waals surface area contributed by atoms with Crippen molar-refractivity contribution in [2.75, 3.05) is 5.32 Å². The molecule has 0 bridgehead atoms. The van der Waals surface area contributed by atoms with E-state index >= 15 is 0 Å². The molecule has 2 rings (SSSR count). The molecule has 0 fully saturated rings. The maximum atomic E-state index is 11.5. The van der Waals surface area contributed by atoms with Crippen LogP contribution in [0.3, 0.4) is 0 Å². The summed E-state index contributed by atoms with van der Waals surface area (Å²) in [5, 5.41) is 3.11. The maximum absolute atomic E-state index is 11.5. The molecule has 1 heterocycles. The van der Waals surface area contributed by atoms with E-state index in [1.165, 1.54) is 0 Å². The third kappa shape index (κ3) is 2.85. The van der Waals surface area contributed by atoms with Crippen LogP contribution >= 0.6 is 0 Å². The summed E-state index contributed by atoms with van der Waals surface area (Å²) in [5.74, 6) is -0.427. The Morgan fingerprint density at radius 3 is 2.56 bits per heavy atom. The van der Waals surface area contributed by atoms with Crippen LogP contribution in [0.15, 0.2) is 48.8 Å². The van der Waals surface area contributed by atoms with Crippen LogP contribution in [0, 0.1) is 6.92 Å². The molecule has 0 aliphatic rings. The maximum Gasteiger partial charge on any atom is 0.244 e. The van der Waals surface area contributed by atoms with Gasteiger partial charge >= 0.3 is 0 Å². The topological polar surface area (TPSA) is 68.0 Å². The van der Waals surface area contributed by atoms with Crippen molar-refractivity contribution in [3.63, 3.8) is 0 Å². The van der Waals surface area contributed by atoms with Crippen molar-refractivity contribution in [3.05, 3.63) is 59.9 Å². The number of aromatic nitrogens is 1. The number of carbonyl (C=O) groups is 1. The molecule has 2 aromatic rings. The number of primary amides is 1. The predicted octanol–water partition coefficient (Wildman–Crippen LogP) is 2.03. The van der Waals surface area contributed by atoms with Crippen molar-refractivity contribution in [1.29, 1.82) is 0 Å². The molecular weight excluding hydrogens is 226 g/mol. The van der Waals surface area contributed by atoms with Crippen molar-refractivity contribution in [3.8, 4) is 0 Å². The fourth-order valence-corrected chi connectivity index (χ4v) is 1.68. The Labute approximate surface area is 106 Å². The van der Waals surface area contributed by atoms with Gasteiger partial charge in [0, 0.05) is 23.6 Å². The zero-order valence-corrected chi connectivity index (χ0v) is 10.1. The summed E-state index contributed by atoms with van der Waals surface area (Å²) < 4.78 is 0. The van der Waals surface area contributed by atoms with Gasteiger partial charge in [0.1, 0.15) is 6.04 Å². The monoisotopic (exact) mass is 241 g/mol. The molecule has 4 heteroatoms. The van der Waals surface area contributed by atoms with Crippen molar-refractivity contribution in [1.82, 2.24) is 4.98 Å². The van der Waals surface area contributed by atoms with E-state index in [0.29, 0.717) is 0 Å². The van der Waals surface area contributed by atoms with Crippen LogP contribution in [0.25, 0.3) is 0 Å². The minimum Gasteiger partial charge on any atom is -0.370 e. The molecule has 3 N–H and O–H groups in total. The summed E-state index contributed by atoms with van der Waals surface area (Å²) in [6.45, 7) is 2.01. The Morgan fingerprint density at radius 1 is 1.28 bits per heavy atom. The molecule has 1 atom stereocenters. The second kappa shape index (κ2) is 5.31. The molecular formula is C14H15N3O. The SMILES string of the molecule is Cc1ccc(NC(C(N)=O)c2cccnc2)cc1. The number of benzene rings is 1. The predicted molar refractivity (Wildman–Crippen MR) is 71.0 cm³/mol. The van der Waals surface area contributed by atoms with Crippen LogP contribution in [0.4, 0.5) is 5.69 Å². The number of nitrogens with zero attached hydrogens (tertiary/aromatic N) is 1. The Hall–Kier alpha value is -2.36. The lowest BCUT2D eigenvalue weighted by atomic mass is 10.1. The molecule has 0 aliphatic carbocycles. The van der Waals surface area contributed by atoms with E-state index in [-0.39, 0.29) is 0 Å². The number of amides is 1. The van der Waals surface area contributed by atoms with E-state index in [2.05, 4.69) is 10.3 Å². The quantitative estimate of drug-likeness (QED) is 0.860. The minimum absolute atomic E-state index is 0.427. The highest BCUT2D eigenvalue weighted by Crippen LogP contribution is 2.18. The van der Waals surface area contributed by atoms with E-state index in [1.807, 2.05) is 37.3 Å². The Bertz CT molecular complexity index is 522. The number of anilines is 1. The fourth-order valence-electron chi connectivity index (χ4n) is 1.68. The number of pyridine rings is 1. The number of hydrogen-bond acceptors (Lipinski definition) is 3. The first-order valence-electron chi connectivity index (χ1n) is 5.69. The molecule has 4 nitrogen and oxygen atoms in total. The number of nitrogens with two attached hydrogens (primary N) is 1. The summed E-state index contributed by atoms with van der Waals surface area (Å²) in [4.78, 5) is 15.5. The highest BCUT2D eigenvalue weighted by molar-refractivity contribution is 5.84. The van der Waals surface area contributed by atoms with E-state index in [0.717, 1.165) is 16.8 Å². The summed E-state index contributed by atoms with van der Waals surface area (Å²) in [7, 11) is 0. The van der Waals surface area contributed by atoms with E-state index in [1.54, 1.807) is 18.5 Å². The number of rotatable bonds is 4. The van der Waals surface area contributed by atoms with Crippen LogP contribution in [0.5, 0.6) is 0 Å².